The van der Waals surface area contributed by atoms with Crippen molar-refractivity contribution in [1.29, 1.82) is 0 Å². The molecular formula is C28H34Cl2F3N3. The zero-order valence-electron chi connectivity index (χ0n) is 21.9. The maximum Gasteiger partial charge on any atom is 0.414 e. The van der Waals surface area contributed by atoms with E-state index in [0.29, 0.717) is 51.4 Å². The minimum atomic E-state index is -4.43. The van der Waals surface area contributed by atoms with Gasteiger partial charge in [0.1, 0.15) is 0 Å². The fourth-order valence-electron chi connectivity index (χ4n) is 4.23. The number of rotatable bonds is 4. The van der Waals surface area contributed by atoms with E-state index < -0.39 is 17.3 Å². The van der Waals surface area contributed by atoms with Crippen LogP contribution in [0.4, 0.5) is 13.2 Å². The van der Waals surface area contributed by atoms with Crippen molar-refractivity contribution in [3.63, 3.8) is 0 Å². The summed E-state index contributed by atoms with van der Waals surface area (Å²) in [6.07, 6.45) is -1.74. The summed E-state index contributed by atoms with van der Waals surface area (Å²) in [7, 11) is 0. The van der Waals surface area contributed by atoms with Gasteiger partial charge in [0, 0.05) is 17.0 Å². The van der Waals surface area contributed by atoms with Crippen molar-refractivity contribution in [2.24, 2.45) is 4.99 Å². The molecule has 0 radical (unpaired) electrons. The van der Waals surface area contributed by atoms with Crippen LogP contribution in [0.1, 0.15) is 65.6 Å². The van der Waals surface area contributed by atoms with Crippen LogP contribution in [0.3, 0.4) is 0 Å². The molecule has 0 amide bonds. The molecule has 1 aliphatic heterocycles. The summed E-state index contributed by atoms with van der Waals surface area (Å²) in [4.78, 5) is 9.31. The molecule has 0 fully saturated rings. The highest BCUT2D eigenvalue weighted by atomic mass is 35.5. The second kappa shape index (κ2) is 12.4. The predicted octanol–water partition coefficient (Wildman–Crippen LogP) is 9.12. The summed E-state index contributed by atoms with van der Waals surface area (Å²) < 4.78 is 41.0. The number of aliphatic imine (C=N–C) groups is 1. The fourth-order valence-corrected chi connectivity index (χ4v) is 4.74. The topological polar surface area (TPSA) is 37.3 Å². The van der Waals surface area contributed by atoms with Gasteiger partial charge in [-0.2, -0.15) is 13.2 Å². The van der Waals surface area contributed by atoms with Gasteiger partial charge in [-0.1, -0.05) is 70.3 Å². The summed E-state index contributed by atoms with van der Waals surface area (Å²) in [5.41, 5.74) is 2.63. The lowest BCUT2D eigenvalue weighted by atomic mass is 9.84. The Morgan fingerprint density at radius 1 is 1.06 bits per heavy atom. The van der Waals surface area contributed by atoms with E-state index in [-0.39, 0.29) is 0 Å². The molecule has 1 aromatic heterocycles. The summed E-state index contributed by atoms with van der Waals surface area (Å²) in [5, 5.41) is 4.01. The van der Waals surface area contributed by atoms with Gasteiger partial charge >= 0.3 is 6.18 Å². The number of nitrogens with one attached hydrogen (secondary N) is 1. The average molecular weight is 541 g/mol. The molecule has 196 valence electrons. The molecule has 2 aromatic rings. The molecule has 8 heteroatoms. The minimum absolute atomic E-state index is 0.292. The lowest BCUT2D eigenvalue weighted by Crippen LogP contribution is -2.48. The van der Waals surface area contributed by atoms with Crippen molar-refractivity contribution in [3.05, 3.63) is 74.6 Å². The Hall–Kier alpha value is -2.15. The lowest BCUT2D eigenvalue weighted by molar-refractivity contribution is -0.0993. The molecule has 2 heterocycles. The molecule has 1 atom stereocenters. The van der Waals surface area contributed by atoms with Crippen LogP contribution in [0.5, 0.6) is 0 Å². The summed E-state index contributed by atoms with van der Waals surface area (Å²) in [6.45, 7) is 13.9. The Morgan fingerprint density at radius 2 is 1.69 bits per heavy atom. The quantitative estimate of drug-likeness (QED) is 0.420. The van der Waals surface area contributed by atoms with Gasteiger partial charge in [-0.25, -0.2) is 4.98 Å². The van der Waals surface area contributed by atoms with Crippen molar-refractivity contribution in [2.75, 3.05) is 6.54 Å². The Kier molecular flexibility index (Phi) is 10.4. The molecule has 0 saturated heterocycles. The smallest absolute Gasteiger partial charge is 0.304 e. The molecule has 0 spiro atoms. The van der Waals surface area contributed by atoms with E-state index in [4.69, 9.17) is 28.2 Å². The van der Waals surface area contributed by atoms with Gasteiger partial charge in [0.2, 0.25) is 0 Å². The van der Waals surface area contributed by atoms with Gasteiger partial charge < -0.3 is 5.32 Å². The van der Waals surface area contributed by atoms with Crippen LogP contribution in [0, 0.1) is 6.92 Å². The number of alkyl halides is 3. The van der Waals surface area contributed by atoms with Gasteiger partial charge in [-0.3, -0.25) is 4.99 Å². The molecular weight excluding hydrogens is 506 g/mol. The van der Waals surface area contributed by atoms with E-state index >= 15 is 0 Å². The number of halogens is 5. The van der Waals surface area contributed by atoms with Crippen LogP contribution >= 0.6 is 23.2 Å². The predicted molar refractivity (Wildman–Crippen MR) is 146 cm³/mol. The molecule has 1 aliphatic carbocycles. The van der Waals surface area contributed by atoms with Crippen LogP contribution in [-0.2, 0) is 0 Å². The standard InChI is InChI=1S/C23H20Cl2F3N3.C3H8.C2H6/c1-4-29-22(3)15-10-19(30-18(15)11-20(22)23(26,27)28)21-12(2)5-8-17(31-21)14-7-6-13(24)9-16(14)25;1-3-2;1-2/h5-9,11,29H,4,10H2,1-3H3;3H2,1-2H3;1-2H3. The lowest BCUT2D eigenvalue weighted by Gasteiger charge is -2.33. The summed E-state index contributed by atoms with van der Waals surface area (Å²) >= 11 is 12.3. The van der Waals surface area contributed by atoms with E-state index in [0.717, 1.165) is 17.2 Å². The first-order chi connectivity index (χ1) is 17.0. The SMILES string of the molecule is CC.CCC.CCNC1(C)C(C(F)(F)F)=CC2=C1CC(c1nc(-c3ccc(Cl)cc3Cl)ccc1C)=N2. The third kappa shape index (κ3) is 6.21. The highest BCUT2D eigenvalue weighted by Gasteiger charge is 2.52. The van der Waals surface area contributed by atoms with Crippen LogP contribution in [0.25, 0.3) is 11.3 Å². The molecule has 3 nitrogen and oxygen atoms in total. The first-order valence-electron chi connectivity index (χ1n) is 12.2. The highest BCUT2D eigenvalue weighted by molar-refractivity contribution is 6.36. The summed E-state index contributed by atoms with van der Waals surface area (Å²) in [5.74, 6) is 0. The molecule has 4 rings (SSSR count). The third-order valence-corrected chi connectivity index (χ3v) is 6.29. The molecule has 2 aliphatic rings. The number of benzene rings is 1. The van der Waals surface area contributed by atoms with Gasteiger partial charge in [0.25, 0.3) is 0 Å². The van der Waals surface area contributed by atoms with E-state index in [2.05, 4.69) is 24.2 Å². The first kappa shape index (κ1) is 30.1. The minimum Gasteiger partial charge on any atom is -0.304 e. The van der Waals surface area contributed by atoms with Crippen molar-refractivity contribution in [2.45, 2.75) is 73.0 Å². The van der Waals surface area contributed by atoms with Crippen molar-refractivity contribution < 1.29 is 13.2 Å². The Morgan fingerprint density at radius 3 is 2.25 bits per heavy atom. The van der Waals surface area contributed by atoms with Crippen molar-refractivity contribution in [1.82, 2.24) is 10.3 Å². The molecule has 1 N–H and O–H groups in total. The second-order valence-electron chi connectivity index (χ2n) is 8.50. The number of allylic oxidation sites excluding steroid dienone is 1. The molecule has 0 saturated carbocycles. The van der Waals surface area contributed by atoms with Gasteiger partial charge in [0.15, 0.2) is 0 Å². The number of aromatic nitrogens is 1. The number of hydrogen-bond acceptors (Lipinski definition) is 3. The molecule has 0 bridgehead atoms. The maximum absolute atomic E-state index is 13.7. The zero-order valence-corrected chi connectivity index (χ0v) is 23.4. The van der Waals surface area contributed by atoms with Crippen molar-refractivity contribution >= 4 is 28.9 Å². The van der Waals surface area contributed by atoms with Gasteiger partial charge in [-0.05, 0) is 61.9 Å². The molecule has 1 unspecified atom stereocenters. The monoisotopic (exact) mass is 539 g/mol. The van der Waals surface area contributed by atoms with E-state index in [1.54, 1.807) is 32.0 Å². The Bertz CT molecular complexity index is 1180. The Balaban J connectivity index is 0.000000850. The largest absolute Gasteiger partial charge is 0.414 e. The number of aryl methyl sites for hydroxylation is 1. The highest BCUT2D eigenvalue weighted by Crippen LogP contribution is 2.48. The normalized spacial score (nSPS) is 18.6. The second-order valence-corrected chi connectivity index (χ2v) is 9.35. The zero-order chi connectivity index (χ0) is 27.3. The van der Waals surface area contributed by atoms with Crippen LogP contribution in [0.15, 0.2) is 58.2 Å². The molecule has 36 heavy (non-hydrogen) atoms. The number of hydrogen-bond donors (Lipinski definition) is 1. The van der Waals surface area contributed by atoms with Crippen molar-refractivity contribution in [3.8, 4) is 11.3 Å². The van der Waals surface area contributed by atoms with Crippen LogP contribution < -0.4 is 5.32 Å². The van der Waals surface area contributed by atoms with E-state index in [9.17, 15) is 13.2 Å². The van der Waals surface area contributed by atoms with Crippen LogP contribution in [0.2, 0.25) is 10.0 Å². The Labute approximate surface area is 222 Å². The third-order valence-electron chi connectivity index (χ3n) is 5.75. The summed E-state index contributed by atoms with van der Waals surface area (Å²) in [6, 6.07) is 8.94. The number of pyridine rings is 1. The molecule has 1 aromatic carbocycles. The van der Waals surface area contributed by atoms with E-state index in [1.807, 2.05) is 32.9 Å². The van der Waals surface area contributed by atoms with E-state index in [1.165, 1.54) is 6.42 Å². The number of nitrogens with zero attached hydrogens (tertiary/aromatic N) is 2. The van der Waals surface area contributed by atoms with Crippen LogP contribution in [-0.4, -0.2) is 29.0 Å². The fraction of sp³-hybridized carbons (Fsp3) is 0.429. The van der Waals surface area contributed by atoms with Gasteiger partial charge in [-0.15, -0.1) is 0 Å². The number of likely N-dealkylation sites (N-methyl/N-ethyl adjacent to an activating group) is 1. The first-order valence-corrected chi connectivity index (χ1v) is 13.0. The van der Waals surface area contributed by atoms with Gasteiger partial charge in [0.05, 0.1) is 38.9 Å². The average Bonchev–Trinajstić information content (AvgIpc) is 3.35. The maximum atomic E-state index is 13.7.